The predicted octanol–water partition coefficient (Wildman–Crippen LogP) is 1.16. The SMILES string of the molecule is COc1cc(CN(C)C(=O)[C@H]2NCCO[C@@H]2C)ccc1O.Cl. The molecule has 0 bridgehead atoms. The van der Waals surface area contributed by atoms with Gasteiger partial charge in [-0.25, -0.2) is 0 Å². The summed E-state index contributed by atoms with van der Waals surface area (Å²) in [6.07, 6.45) is -0.136. The maximum Gasteiger partial charge on any atom is 0.242 e. The summed E-state index contributed by atoms with van der Waals surface area (Å²) in [6.45, 7) is 3.65. The molecule has 0 radical (unpaired) electrons. The molecule has 1 saturated heterocycles. The number of nitrogens with one attached hydrogen (secondary N) is 1. The van der Waals surface area contributed by atoms with E-state index < -0.39 is 0 Å². The number of carbonyl (C=O) groups excluding carboxylic acids is 1. The third kappa shape index (κ3) is 4.25. The summed E-state index contributed by atoms with van der Waals surface area (Å²) in [4.78, 5) is 14.1. The van der Waals surface area contributed by atoms with Gasteiger partial charge in [-0.1, -0.05) is 6.07 Å². The Kier molecular flexibility index (Phi) is 6.93. The number of aromatic hydroxyl groups is 1. The van der Waals surface area contributed by atoms with Crippen LogP contribution in [0.15, 0.2) is 18.2 Å². The van der Waals surface area contributed by atoms with Crippen molar-refractivity contribution < 1.29 is 19.4 Å². The lowest BCUT2D eigenvalue weighted by Gasteiger charge is -2.32. The number of halogens is 1. The number of likely N-dealkylation sites (N-methyl/N-ethyl adjacent to an activating group) is 1. The minimum Gasteiger partial charge on any atom is -0.504 e. The Labute approximate surface area is 136 Å². The smallest absolute Gasteiger partial charge is 0.242 e. The number of ether oxygens (including phenoxy) is 2. The Balaban J connectivity index is 0.00000242. The van der Waals surface area contributed by atoms with E-state index in [-0.39, 0.29) is 36.2 Å². The fraction of sp³-hybridized carbons (Fsp3) is 0.533. The lowest BCUT2D eigenvalue weighted by molar-refractivity contribution is -0.138. The first-order valence-corrected chi connectivity index (χ1v) is 6.98. The first-order valence-electron chi connectivity index (χ1n) is 6.98. The molecular formula is C15H23ClN2O4. The summed E-state index contributed by atoms with van der Waals surface area (Å²) in [7, 11) is 3.25. The van der Waals surface area contributed by atoms with Gasteiger partial charge in [0, 0.05) is 20.1 Å². The average molecular weight is 331 g/mol. The highest BCUT2D eigenvalue weighted by molar-refractivity contribution is 5.85. The van der Waals surface area contributed by atoms with Crippen molar-refractivity contribution in [1.82, 2.24) is 10.2 Å². The van der Waals surface area contributed by atoms with Crippen molar-refractivity contribution in [3.05, 3.63) is 23.8 Å². The molecule has 1 aliphatic rings. The van der Waals surface area contributed by atoms with Crippen LogP contribution in [0.3, 0.4) is 0 Å². The van der Waals surface area contributed by atoms with Crippen molar-refractivity contribution in [3.8, 4) is 11.5 Å². The number of phenolic OH excluding ortho intramolecular Hbond substituents is 1. The van der Waals surface area contributed by atoms with Crippen molar-refractivity contribution >= 4 is 18.3 Å². The Morgan fingerprint density at radius 1 is 1.55 bits per heavy atom. The predicted molar refractivity (Wildman–Crippen MR) is 85.6 cm³/mol. The van der Waals surface area contributed by atoms with Crippen LogP contribution in [0.2, 0.25) is 0 Å². The van der Waals surface area contributed by atoms with Crippen LogP contribution in [0, 0.1) is 0 Å². The monoisotopic (exact) mass is 330 g/mol. The summed E-state index contributed by atoms with van der Waals surface area (Å²) < 4.78 is 10.6. The fourth-order valence-corrected chi connectivity index (χ4v) is 2.42. The van der Waals surface area contributed by atoms with Crippen molar-refractivity contribution in [2.24, 2.45) is 0 Å². The summed E-state index contributed by atoms with van der Waals surface area (Å²) in [5.74, 6) is 0.487. The number of carbonyl (C=O) groups is 1. The molecular weight excluding hydrogens is 308 g/mol. The van der Waals surface area contributed by atoms with Gasteiger partial charge < -0.3 is 24.8 Å². The molecule has 1 aromatic carbocycles. The van der Waals surface area contributed by atoms with Crippen LogP contribution in [-0.4, -0.2) is 55.4 Å². The zero-order valence-corrected chi connectivity index (χ0v) is 13.9. The van der Waals surface area contributed by atoms with Crippen LogP contribution in [0.1, 0.15) is 12.5 Å². The zero-order valence-electron chi connectivity index (χ0n) is 13.0. The summed E-state index contributed by atoms with van der Waals surface area (Å²) in [5.41, 5.74) is 0.893. The van der Waals surface area contributed by atoms with E-state index in [9.17, 15) is 9.90 Å². The van der Waals surface area contributed by atoms with Gasteiger partial charge in [-0.2, -0.15) is 0 Å². The van der Waals surface area contributed by atoms with Gasteiger partial charge in [-0.15, -0.1) is 12.4 Å². The van der Waals surface area contributed by atoms with Gasteiger partial charge in [-0.3, -0.25) is 4.79 Å². The minimum atomic E-state index is -0.317. The maximum absolute atomic E-state index is 12.4. The minimum absolute atomic E-state index is 0. The molecule has 0 aliphatic carbocycles. The number of benzene rings is 1. The quantitative estimate of drug-likeness (QED) is 0.867. The molecule has 1 heterocycles. The Morgan fingerprint density at radius 3 is 2.91 bits per heavy atom. The van der Waals surface area contributed by atoms with Crippen molar-refractivity contribution in [1.29, 1.82) is 0 Å². The van der Waals surface area contributed by atoms with E-state index in [1.165, 1.54) is 7.11 Å². The lowest BCUT2D eigenvalue weighted by Crippen LogP contribution is -2.55. The molecule has 1 fully saturated rings. The highest BCUT2D eigenvalue weighted by atomic mass is 35.5. The number of nitrogens with zero attached hydrogens (tertiary/aromatic N) is 1. The second-order valence-corrected chi connectivity index (χ2v) is 5.21. The van der Waals surface area contributed by atoms with Gasteiger partial charge >= 0.3 is 0 Å². The van der Waals surface area contributed by atoms with E-state index >= 15 is 0 Å². The highest BCUT2D eigenvalue weighted by Gasteiger charge is 2.30. The molecule has 124 valence electrons. The molecule has 2 rings (SSSR count). The Bertz CT molecular complexity index is 512. The number of morpholine rings is 1. The van der Waals surface area contributed by atoms with Crippen molar-refractivity contribution in [3.63, 3.8) is 0 Å². The Morgan fingerprint density at radius 2 is 2.27 bits per heavy atom. The molecule has 1 aliphatic heterocycles. The number of hydrogen-bond donors (Lipinski definition) is 2. The zero-order chi connectivity index (χ0) is 15.4. The second kappa shape index (κ2) is 8.22. The largest absolute Gasteiger partial charge is 0.504 e. The van der Waals surface area contributed by atoms with Gasteiger partial charge in [-0.05, 0) is 24.6 Å². The molecule has 0 saturated carbocycles. The van der Waals surface area contributed by atoms with Crippen molar-refractivity contribution in [2.45, 2.75) is 25.6 Å². The van der Waals surface area contributed by atoms with Gasteiger partial charge in [0.25, 0.3) is 0 Å². The van der Waals surface area contributed by atoms with Crippen LogP contribution in [-0.2, 0) is 16.1 Å². The molecule has 0 spiro atoms. The normalized spacial score (nSPS) is 20.9. The van der Waals surface area contributed by atoms with E-state index in [0.29, 0.717) is 25.4 Å². The van der Waals surface area contributed by atoms with Gasteiger partial charge in [0.1, 0.15) is 6.04 Å². The van der Waals surface area contributed by atoms with E-state index in [4.69, 9.17) is 9.47 Å². The summed E-state index contributed by atoms with van der Waals surface area (Å²) in [5, 5.41) is 12.8. The molecule has 6 nitrogen and oxygen atoms in total. The average Bonchev–Trinajstić information content (AvgIpc) is 2.49. The lowest BCUT2D eigenvalue weighted by atomic mass is 10.1. The number of amides is 1. The van der Waals surface area contributed by atoms with Crippen LogP contribution in [0.5, 0.6) is 11.5 Å². The van der Waals surface area contributed by atoms with E-state index in [1.54, 1.807) is 30.1 Å². The van der Waals surface area contributed by atoms with Crippen LogP contribution in [0.25, 0.3) is 0 Å². The first kappa shape index (κ1) is 18.5. The number of methoxy groups -OCH3 is 1. The van der Waals surface area contributed by atoms with Crippen LogP contribution >= 0.6 is 12.4 Å². The summed E-state index contributed by atoms with van der Waals surface area (Å²) >= 11 is 0. The van der Waals surface area contributed by atoms with Gasteiger partial charge in [0.15, 0.2) is 11.5 Å². The number of hydrogen-bond acceptors (Lipinski definition) is 5. The molecule has 1 amide bonds. The molecule has 0 aromatic heterocycles. The maximum atomic E-state index is 12.4. The van der Waals surface area contributed by atoms with Gasteiger partial charge in [0.05, 0.1) is 19.8 Å². The number of phenols is 1. The van der Waals surface area contributed by atoms with Crippen molar-refractivity contribution in [2.75, 3.05) is 27.3 Å². The third-order valence-electron chi connectivity index (χ3n) is 3.62. The van der Waals surface area contributed by atoms with E-state index in [2.05, 4.69) is 5.32 Å². The van der Waals surface area contributed by atoms with Crippen LogP contribution in [0.4, 0.5) is 0 Å². The summed E-state index contributed by atoms with van der Waals surface area (Å²) in [6, 6.07) is 4.75. The van der Waals surface area contributed by atoms with Crippen LogP contribution < -0.4 is 10.1 Å². The first-order chi connectivity index (χ1) is 10.0. The molecule has 7 heteroatoms. The highest BCUT2D eigenvalue weighted by Crippen LogP contribution is 2.26. The standard InChI is InChI=1S/C15H22N2O4.ClH/c1-10-14(16-6-7-21-10)15(19)17(2)9-11-4-5-12(18)13(8-11)20-3;/h4-5,8,10,14,16,18H,6-7,9H2,1-3H3;1H/t10-,14+;/m1./s1. The molecule has 2 atom stereocenters. The van der Waals surface area contributed by atoms with Gasteiger partial charge in [0.2, 0.25) is 5.91 Å². The molecule has 2 N–H and O–H groups in total. The van der Waals surface area contributed by atoms with E-state index in [1.807, 2.05) is 6.92 Å². The molecule has 0 unspecified atom stereocenters. The molecule has 22 heavy (non-hydrogen) atoms. The fourth-order valence-electron chi connectivity index (χ4n) is 2.42. The van der Waals surface area contributed by atoms with E-state index in [0.717, 1.165) is 5.56 Å². The molecule has 1 aromatic rings. The third-order valence-corrected chi connectivity index (χ3v) is 3.62. The topological polar surface area (TPSA) is 71.0 Å². The number of rotatable bonds is 4. The Hall–Kier alpha value is -1.50. The second-order valence-electron chi connectivity index (χ2n) is 5.21.